The summed E-state index contributed by atoms with van der Waals surface area (Å²) in [5.74, 6) is -1.66. The third-order valence-corrected chi connectivity index (χ3v) is 10.5. The molecule has 3 aliphatic rings. The Hall–Kier alpha value is -3.36. The van der Waals surface area contributed by atoms with E-state index in [1.807, 2.05) is 72.8 Å². The summed E-state index contributed by atoms with van der Waals surface area (Å²) in [5, 5.41) is 18.0. The number of thioether (sulfide) groups is 1. The molecule has 7 nitrogen and oxygen atoms in total. The van der Waals surface area contributed by atoms with E-state index in [2.05, 4.69) is 17.6 Å². The number of hydrogen-bond donors (Lipinski definition) is 3. The highest BCUT2D eigenvalue weighted by atomic mass is 32.2. The topological polar surface area (TPSA) is 98.7 Å². The van der Waals surface area contributed by atoms with Crippen LogP contribution in [0.4, 0.5) is 5.69 Å². The smallest absolute Gasteiger partial charge is 0.248 e. The summed E-state index contributed by atoms with van der Waals surface area (Å²) in [6, 6.07) is 22.6. The van der Waals surface area contributed by atoms with Crippen LogP contribution in [-0.2, 0) is 20.9 Å². The molecule has 3 amide bonds. The van der Waals surface area contributed by atoms with Gasteiger partial charge in [-0.25, -0.2) is 0 Å². The number of aliphatic hydroxyl groups is 1. The van der Waals surface area contributed by atoms with E-state index in [4.69, 9.17) is 0 Å². The van der Waals surface area contributed by atoms with Crippen LogP contribution in [-0.4, -0.2) is 56.9 Å². The van der Waals surface area contributed by atoms with Crippen molar-refractivity contribution in [3.8, 4) is 0 Å². The zero-order chi connectivity index (χ0) is 26.4. The molecule has 38 heavy (non-hydrogen) atoms. The van der Waals surface area contributed by atoms with Crippen molar-refractivity contribution in [3.05, 3.63) is 78.4 Å². The van der Waals surface area contributed by atoms with Gasteiger partial charge in [0.2, 0.25) is 17.7 Å². The lowest BCUT2D eigenvalue weighted by molar-refractivity contribution is -0.140. The number of amides is 3. The number of benzene rings is 3. The van der Waals surface area contributed by atoms with Gasteiger partial charge in [0, 0.05) is 24.0 Å². The third kappa shape index (κ3) is 3.89. The van der Waals surface area contributed by atoms with Gasteiger partial charge >= 0.3 is 0 Å². The van der Waals surface area contributed by atoms with Gasteiger partial charge in [-0.05, 0) is 40.8 Å². The monoisotopic (exact) mass is 529 g/mol. The van der Waals surface area contributed by atoms with Gasteiger partial charge in [-0.3, -0.25) is 14.4 Å². The molecule has 3 fully saturated rings. The fraction of sp³-hybridized carbons (Fsp3) is 0.367. The Morgan fingerprint density at radius 1 is 1.03 bits per heavy atom. The minimum Gasteiger partial charge on any atom is -0.395 e. The first-order chi connectivity index (χ1) is 18.4. The second-order valence-corrected chi connectivity index (χ2v) is 12.1. The van der Waals surface area contributed by atoms with E-state index in [-0.39, 0.29) is 42.0 Å². The van der Waals surface area contributed by atoms with Gasteiger partial charge < -0.3 is 20.6 Å². The van der Waals surface area contributed by atoms with Gasteiger partial charge in [-0.1, -0.05) is 67.6 Å². The molecular weight excluding hydrogens is 498 g/mol. The van der Waals surface area contributed by atoms with Crippen LogP contribution >= 0.6 is 11.8 Å². The highest BCUT2D eigenvalue weighted by molar-refractivity contribution is 8.02. The summed E-state index contributed by atoms with van der Waals surface area (Å²) in [5.41, 5.74) is 1.65. The van der Waals surface area contributed by atoms with Crippen molar-refractivity contribution in [3.63, 3.8) is 0 Å². The fourth-order valence-electron chi connectivity index (χ4n) is 6.85. The highest BCUT2D eigenvalue weighted by Gasteiger charge is 2.75. The van der Waals surface area contributed by atoms with Crippen molar-refractivity contribution >= 4 is 45.9 Å². The molecule has 3 aromatic rings. The minimum absolute atomic E-state index is 0.0260. The molecule has 0 radical (unpaired) electrons. The molecule has 3 saturated heterocycles. The number of hydrogen-bond acceptors (Lipinski definition) is 5. The maximum atomic E-state index is 13.9. The number of β-amino-alcohol motifs (C(OH)–C–C–N with tert-alkyl or cyclic N) is 1. The largest absolute Gasteiger partial charge is 0.395 e. The molecule has 3 aliphatic heterocycles. The van der Waals surface area contributed by atoms with E-state index in [9.17, 15) is 19.5 Å². The number of aliphatic hydroxyl groups excluding tert-OH is 1. The standard InChI is InChI=1S/C30H31N3O4S/c1-18-15-23-24(27(35)31-17-19-7-3-2-4-8-19)25-29(37)33(13-14-34)26(30(18,25)38-23)28(36)32-22-12-11-20-9-5-6-10-21(20)16-22/h2-12,16,18,23-26,34H,13-15,17H2,1H3,(H,31,35)(H,32,36)/t18?,23-,24+,25-,26?,30?/m0/s1. The summed E-state index contributed by atoms with van der Waals surface area (Å²) in [7, 11) is 0. The maximum Gasteiger partial charge on any atom is 0.248 e. The van der Waals surface area contributed by atoms with Gasteiger partial charge in [0.25, 0.3) is 0 Å². The number of carbonyl (C=O) groups excluding carboxylic acids is 3. The van der Waals surface area contributed by atoms with Crippen LogP contribution in [0.3, 0.4) is 0 Å². The Morgan fingerprint density at radius 2 is 1.76 bits per heavy atom. The third-order valence-electron chi connectivity index (χ3n) is 8.46. The van der Waals surface area contributed by atoms with Gasteiger partial charge in [-0.2, -0.15) is 0 Å². The predicted molar refractivity (Wildman–Crippen MR) is 148 cm³/mol. The summed E-state index contributed by atoms with van der Waals surface area (Å²) >= 11 is 1.63. The van der Waals surface area contributed by atoms with Crippen LogP contribution in [0.1, 0.15) is 18.9 Å². The normalized spacial score (nSPS) is 29.5. The molecular formula is C30H31N3O4S. The average Bonchev–Trinajstić information content (AvgIpc) is 3.52. The summed E-state index contributed by atoms with van der Waals surface area (Å²) in [6.07, 6.45) is 0.768. The number of anilines is 1. The van der Waals surface area contributed by atoms with Crippen LogP contribution in [0.25, 0.3) is 10.8 Å². The molecule has 8 heteroatoms. The Balaban J connectivity index is 1.30. The van der Waals surface area contributed by atoms with Crippen molar-refractivity contribution < 1.29 is 19.5 Å². The quantitative estimate of drug-likeness (QED) is 0.436. The molecule has 3 aromatic carbocycles. The molecule has 1 spiro atoms. The first-order valence-corrected chi connectivity index (χ1v) is 14.0. The van der Waals surface area contributed by atoms with Gasteiger partial charge in [-0.15, -0.1) is 11.8 Å². The minimum atomic E-state index is -0.768. The molecule has 6 rings (SSSR count). The van der Waals surface area contributed by atoms with E-state index in [0.717, 1.165) is 22.8 Å². The lowest BCUT2D eigenvalue weighted by atomic mass is 9.66. The molecule has 3 N–H and O–H groups in total. The van der Waals surface area contributed by atoms with Crippen LogP contribution in [0, 0.1) is 17.8 Å². The SMILES string of the molecule is CC1C[C@@H]2SC13C(C(=O)Nc1ccc4ccccc4c1)N(CCO)C(=O)[C@@H]3[C@@H]2C(=O)NCc1ccccc1. The van der Waals surface area contributed by atoms with E-state index in [0.29, 0.717) is 12.2 Å². The lowest BCUT2D eigenvalue weighted by Gasteiger charge is -2.38. The molecule has 196 valence electrons. The predicted octanol–water partition coefficient (Wildman–Crippen LogP) is 3.42. The van der Waals surface area contributed by atoms with E-state index < -0.39 is 22.6 Å². The molecule has 3 heterocycles. The second-order valence-electron chi connectivity index (χ2n) is 10.6. The molecule has 6 atom stereocenters. The lowest BCUT2D eigenvalue weighted by Crippen LogP contribution is -2.55. The summed E-state index contributed by atoms with van der Waals surface area (Å²) in [4.78, 5) is 42.8. The van der Waals surface area contributed by atoms with Gasteiger partial charge in [0.05, 0.1) is 23.2 Å². The van der Waals surface area contributed by atoms with Crippen molar-refractivity contribution in [1.82, 2.24) is 10.2 Å². The molecule has 3 unspecified atom stereocenters. The molecule has 0 aliphatic carbocycles. The van der Waals surface area contributed by atoms with Gasteiger partial charge in [0.15, 0.2) is 0 Å². The number of likely N-dealkylation sites (tertiary alicyclic amines) is 1. The number of carbonyl (C=O) groups is 3. The van der Waals surface area contributed by atoms with Crippen LogP contribution in [0.5, 0.6) is 0 Å². The van der Waals surface area contributed by atoms with Crippen LogP contribution in [0.15, 0.2) is 72.8 Å². The van der Waals surface area contributed by atoms with Crippen LogP contribution in [0.2, 0.25) is 0 Å². The van der Waals surface area contributed by atoms with Crippen molar-refractivity contribution in [2.45, 2.75) is 35.9 Å². The van der Waals surface area contributed by atoms with E-state index in [1.165, 1.54) is 4.90 Å². The number of fused-ring (bicyclic) bond motifs is 2. The summed E-state index contributed by atoms with van der Waals surface area (Å²) < 4.78 is -0.716. The first kappa shape index (κ1) is 24.9. The first-order valence-electron chi connectivity index (χ1n) is 13.1. The Morgan fingerprint density at radius 3 is 2.53 bits per heavy atom. The van der Waals surface area contributed by atoms with Crippen molar-refractivity contribution in [1.29, 1.82) is 0 Å². The maximum absolute atomic E-state index is 13.9. The van der Waals surface area contributed by atoms with E-state index >= 15 is 0 Å². The number of rotatable bonds is 7. The zero-order valence-electron chi connectivity index (χ0n) is 21.2. The second kappa shape index (κ2) is 9.75. The Labute approximate surface area is 226 Å². The average molecular weight is 530 g/mol. The molecule has 0 aromatic heterocycles. The Kier molecular flexibility index (Phi) is 6.40. The molecule has 0 saturated carbocycles. The summed E-state index contributed by atoms with van der Waals surface area (Å²) in [6.45, 7) is 2.29. The highest BCUT2D eigenvalue weighted by Crippen LogP contribution is 2.68. The number of nitrogens with one attached hydrogen (secondary N) is 2. The molecule has 2 bridgehead atoms. The van der Waals surface area contributed by atoms with Crippen LogP contribution < -0.4 is 10.6 Å². The van der Waals surface area contributed by atoms with E-state index in [1.54, 1.807) is 11.8 Å². The van der Waals surface area contributed by atoms with Gasteiger partial charge in [0.1, 0.15) is 6.04 Å². The Bertz CT molecular complexity index is 1400. The van der Waals surface area contributed by atoms with Crippen molar-refractivity contribution in [2.24, 2.45) is 17.8 Å². The fourth-order valence-corrected chi connectivity index (χ4v) is 9.27. The zero-order valence-corrected chi connectivity index (χ0v) is 22.0. The number of nitrogens with zero attached hydrogens (tertiary/aromatic N) is 1. The van der Waals surface area contributed by atoms with Crippen molar-refractivity contribution in [2.75, 3.05) is 18.5 Å².